The van der Waals surface area contributed by atoms with E-state index < -0.39 is 16.0 Å². The van der Waals surface area contributed by atoms with Crippen molar-refractivity contribution in [1.29, 1.82) is 0 Å². The molecule has 1 aliphatic heterocycles. The highest BCUT2D eigenvalue weighted by Crippen LogP contribution is 2.25. The molecule has 2 heterocycles. The van der Waals surface area contributed by atoms with E-state index in [9.17, 15) is 13.2 Å². The number of esters is 1. The molecule has 1 aromatic carbocycles. The van der Waals surface area contributed by atoms with Gasteiger partial charge in [0.2, 0.25) is 5.03 Å². The van der Waals surface area contributed by atoms with Crippen LogP contribution in [0.1, 0.15) is 16.1 Å². The molecule has 0 amide bonds. The minimum Gasteiger partial charge on any atom is -0.497 e. The molecule has 1 saturated heterocycles. The van der Waals surface area contributed by atoms with E-state index in [-0.39, 0.29) is 10.6 Å². The van der Waals surface area contributed by atoms with Gasteiger partial charge in [0, 0.05) is 37.6 Å². The Labute approximate surface area is 157 Å². The number of rotatable bonds is 5. The molecule has 1 N–H and O–H groups in total. The van der Waals surface area contributed by atoms with Gasteiger partial charge in [0.25, 0.3) is 10.0 Å². The SMILES string of the molecule is COC(=O)c1c(S(=O)(=O)N2CCN(c3ccc(OC)cc3)CC2)n[nH]c1C. The second-order valence-electron chi connectivity index (χ2n) is 6.11. The summed E-state index contributed by atoms with van der Waals surface area (Å²) in [5.41, 5.74) is 1.31. The zero-order valence-corrected chi connectivity index (χ0v) is 16.2. The van der Waals surface area contributed by atoms with Crippen LogP contribution in [0.2, 0.25) is 0 Å². The molecule has 27 heavy (non-hydrogen) atoms. The van der Waals surface area contributed by atoms with Gasteiger partial charge in [0.15, 0.2) is 0 Å². The van der Waals surface area contributed by atoms with E-state index in [1.807, 2.05) is 24.3 Å². The molecule has 0 unspecified atom stereocenters. The predicted molar refractivity (Wildman–Crippen MR) is 98.6 cm³/mol. The number of nitrogens with zero attached hydrogens (tertiary/aromatic N) is 3. The number of anilines is 1. The number of carbonyl (C=O) groups is 1. The number of sulfonamides is 1. The van der Waals surface area contributed by atoms with Crippen molar-refractivity contribution < 1.29 is 22.7 Å². The first-order valence-electron chi connectivity index (χ1n) is 8.41. The quantitative estimate of drug-likeness (QED) is 0.755. The molecular weight excluding hydrogens is 372 g/mol. The first kappa shape index (κ1) is 19.2. The Morgan fingerprint density at radius 3 is 2.30 bits per heavy atom. The third-order valence-corrected chi connectivity index (χ3v) is 6.39. The van der Waals surface area contributed by atoms with Crippen molar-refractivity contribution in [3.63, 3.8) is 0 Å². The van der Waals surface area contributed by atoms with E-state index >= 15 is 0 Å². The number of piperazine rings is 1. The fourth-order valence-corrected chi connectivity index (χ4v) is 4.58. The van der Waals surface area contributed by atoms with Crippen LogP contribution in [0.15, 0.2) is 29.3 Å². The number of benzene rings is 1. The molecule has 0 radical (unpaired) electrons. The summed E-state index contributed by atoms with van der Waals surface area (Å²) in [6.45, 7) is 3.23. The molecule has 10 heteroatoms. The fraction of sp³-hybridized carbons (Fsp3) is 0.412. The molecule has 0 bridgehead atoms. The summed E-state index contributed by atoms with van der Waals surface area (Å²) < 4.78 is 37.1. The molecule has 0 aliphatic carbocycles. The van der Waals surface area contributed by atoms with Crippen LogP contribution in [0, 0.1) is 6.92 Å². The topological polar surface area (TPSA) is 105 Å². The minimum atomic E-state index is -3.90. The number of methoxy groups -OCH3 is 2. The lowest BCUT2D eigenvalue weighted by Crippen LogP contribution is -2.49. The van der Waals surface area contributed by atoms with Crippen LogP contribution in [0.4, 0.5) is 5.69 Å². The van der Waals surface area contributed by atoms with Crippen LogP contribution in [-0.4, -0.2) is 69.3 Å². The van der Waals surface area contributed by atoms with Gasteiger partial charge in [-0.05, 0) is 31.2 Å². The summed E-state index contributed by atoms with van der Waals surface area (Å²) >= 11 is 0. The number of ether oxygens (including phenoxy) is 2. The summed E-state index contributed by atoms with van der Waals surface area (Å²) in [5.74, 6) is 0.0425. The van der Waals surface area contributed by atoms with Crippen molar-refractivity contribution in [2.75, 3.05) is 45.3 Å². The third kappa shape index (κ3) is 3.62. The van der Waals surface area contributed by atoms with Crippen LogP contribution in [-0.2, 0) is 14.8 Å². The molecular formula is C17H22N4O5S. The Morgan fingerprint density at radius 2 is 1.74 bits per heavy atom. The molecule has 0 saturated carbocycles. The molecule has 0 spiro atoms. The Bertz CT molecular complexity index is 915. The zero-order valence-electron chi connectivity index (χ0n) is 15.4. The lowest BCUT2D eigenvalue weighted by molar-refractivity contribution is 0.0595. The number of aromatic amines is 1. The van der Waals surface area contributed by atoms with Crippen LogP contribution < -0.4 is 9.64 Å². The molecule has 9 nitrogen and oxygen atoms in total. The Balaban J connectivity index is 1.76. The van der Waals surface area contributed by atoms with Gasteiger partial charge >= 0.3 is 5.97 Å². The molecule has 3 rings (SSSR count). The van der Waals surface area contributed by atoms with Gasteiger partial charge in [-0.1, -0.05) is 0 Å². The standard InChI is InChI=1S/C17H22N4O5S/c1-12-15(17(22)26-3)16(19-18-12)27(23,24)21-10-8-20(9-11-21)13-4-6-14(25-2)7-5-13/h4-7H,8-11H2,1-3H3,(H,18,19). The minimum absolute atomic E-state index is 0.0462. The van der Waals surface area contributed by atoms with Crippen molar-refractivity contribution >= 4 is 21.7 Å². The molecule has 0 atom stereocenters. The molecule has 1 fully saturated rings. The summed E-state index contributed by atoms with van der Waals surface area (Å²) in [6.07, 6.45) is 0. The van der Waals surface area contributed by atoms with E-state index in [2.05, 4.69) is 15.1 Å². The van der Waals surface area contributed by atoms with Gasteiger partial charge in [-0.3, -0.25) is 5.10 Å². The summed E-state index contributed by atoms with van der Waals surface area (Å²) in [7, 11) is -1.08. The first-order chi connectivity index (χ1) is 12.9. The van der Waals surface area contributed by atoms with Gasteiger partial charge in [0.05, 0.1) is 14.2 Å². The number of hydrogen-bond acceptors (Lipinski definition) is 7. The smallest absolute Gasteiger partial charge is 0.342 e. The Kier molecular flexibility index (Phi) is 5.38. The van der Waals surface area contributed by atoms with Gasteiger partial charge in [-0.15, -0.1) is 0 Å². The maximum absolute atomic E-state index is 13.0. The number of hydrogen-bond donors (Lipinski definition) is 1. The van der Waals surface area contributed by atoms with Crippen LogP contribution in [0.25, 0.3) is 0 Å². The first-order valence-corrected chi connectivity index (χ1v) is 9.85. The highest BCUT2D eigenvalue weighted by Gasteiger charge is 2.35. The molecule has 146 valence electrons. The van der Waals surface area contributed by atoms with E-state index in [0.717, 1.165) is 11.4 Å². The predicted octanol–water partition coefficient (Wildman–Crippen LogP) is 1.02. The van der Waals surface area contributed by atoms with Gasteiger partial charge in [0.1, 0.15) is 11.3 Å². The molecule has 2 aromatic rings. The van der Waals surface area contributed by atoms with E-state index in [1.54, 1.807) is 14.0 Å². The Hall–Kier alpha value is -2.59. The van der Waals surface area contributed by atoms with Crippen molar-refractivity contribution in [3.05, 3.63) is 35.5 Å². The average Bonchev–Trinajstić information content (AvgIpc) is 3.10. The number of carbonyl (C=O) groups excluding carboxylic acids is 1. The lowest BCUT2D eigenvalue weighted by Gasteiger charge is -2.35. The van der Waals surface area contributed by atoms with E-state index in [4.69, 9.17) is 9.47 Å². The molecule has 1 aliphatic rings. The average molecular weight is 394 g/mol. The maximum atomic E-state index is 13.0. The number of nitrogens with one attached hydrogen (secondary N) is 1. The van der Waals surface area contributed by atoms with Crippen molar-refractivity contribution in [3.8, 4) is 5.75 Å². The third-order valence-electron chi connectivity index (χ3n) is 4.56. The number of H-pyrrole nitrogens is 1. The summed E-state index contributed by atoms with van der Waals surface area (Å²) in [5, 5.41) is 6.12. The highest BCUT2D eigenvalue weighted by molar-refractivity contribution is 7.89. The fourth-order valence-electron chi connectivity index (χ4n) is 3.04. The Morgan fingerprint density at radius 1 is 1.11 bits per heavy atom. The molecule has 1 aromatic heterocycles. The second kappa shape index (κ2) is 7.57. The van der Waals surface area contributed by atoms with Gasteiger partial charge in [-0.2, -0.15) is 9.40 Å². The van der Waals surface area contributed by atoms with Crippen LogP contribution in [0.5, 0.6) is 5.75 Å². The van der Waals surface area contributed by atoms with E-state index in [1.165, 1.54) is 11.4 Å². The number of aromatic nitrogens is 2. The van der Waals surface area contributed by atoms with Crippen molar-refractivity contribution in [2.45, 2.75) is 11.9 Å². The van der Waals surface area contributed by atoms with Crippen LogP contribution >= 0.6 is 0 Å². The zero-order chi connectivity index (χ0) is 19.6. The number of aryl methyl sites for hydroxylation is 1. The van der Waals surface area contributed by atoms with Gasteiger partial charge in [-0.25, -0.2) is 13.2 Å². The summed E-state index contributed by atoms with van der Waals surface area (Å²) in [4.78, 5) is 14.1. The second-order valence-corrected chi connectivity index (χ2v) is 7.96. The van der Waals surface area contributed by atoms with Crippen LogP contribution in [0.3, 0.4) is 0 Å². The maximum Gasteiger partial charge on any atom is 0.342 e. The van der Waals surface area contributed by atoms with E-state index in [0.29, 0.717) is 31.9 Å². The largest absolute Gasteiger partial charge is 0.497 e. The lowest BCUT2D eigenvalue weighted by atomic mass is 10.2. The van der Waals surface area contributed by atoms with Crippen molar-refractivity contribution in [1.82, 2.24) is 14.5 Å². The summed E-state index contributed by atoms with van der Waals surface area (Å²) in [6, 6.07) is 7.62. The normalized spacial score (nSPS) is 15.6. The highest BCUT2D eigenvalue weighted by atomic mass is 32.2. The monoisotopic (exact) mass is 394 g/mol. The van der Waals surface area contributed by atoms with Crippen molar-refractivity contribution in [2.24, 2.45) is 0 Å². The van der Waals surface area contributed by atoms with Gasteiger partial charge < -0.3 is 14.4 Å².